The summed E-state index contributed by atoms with van der Waals surface area (Å²) >= 11 is 5.24. The van der Waals surface area contributed by atoms with Gasteiger partial charge in [-0.1, -0.05) is 22.0 Å². The smallest absolute Gasteiger partial charge is 0.0592 e. The van der Waals surface area contributed by atoms with Crippen molar-refractivity contribution < 1.29 is 5.11 Å². The zero-order valence-corrected chi connectivity index (χ0v) is 11.4. The fourth-order valence-corrected chi connectivity index (χ4v) is 3.02. The molecular formula is C12H16BrNOS. The van der Waals surface area contributed by atoms with Crippen molar-refractivity contribution in [2.24, 2.45) is 0 Å². The first-order chi connectivity index (χ1) is 7.78. The Labute approximate surface area is 109 Å². The monoisotopic (exact) mass is 301 g/mol. The Hall–Kier alpha value is -0.0300. The van der Waals surface area contributed by atoms with E-state index in [2.05, 4.69) is 33.4 Å². The third kappa shape index (κ3) is 4.09. The van der Waals surface area contributed by atoms with E-state index in [0.717, 1.165) is 10.2 Å². The first-order valence-corrected chi connectivity index (χ1v) is 7.31. The van der Waals surface area contributed by atoms with Crippen LogP contribution in [0, 0.1) is 0 Å². The van der Waals surface area contributed by atoms with Crippen LogP contribution < -0.4 is 5.32 Å². The summed E-state index contributed by atoms with van der Waals surface area (Å²) in [5.74, 6) is 0.920. The SMILES string of the molecule is OCC(CSc1cccc(Br)c1)NC1CC1. The van der Waals surface area contributed by atoms with Crippen molar-refractivity contribution in [2.75, 3.05) is 12.4 Å². The van der Waals surface area contributed by atoms with Gasteiger partial charge in [-0.15, -0.1) is 11.8 Å². The molecule has 0 spiro atoms. The van der Waals surface area contributed by atoms with Crippen molar-refractivity contribution in [1.82, 2.24) is 5.32 Å². The minimum absolute atomic E-state index is 0.219. The standard InChI is InChI=1S/C12H16BrNOS/c13-9-2-1-3-12(6-9)16-8-11(7-15)14-10-4-5-10/h1-3,6,10-11,14-15H,4-5,7-8H2. The number of benzene rings is 1. The topological polar surface area (TPSA) is 32.3 Å². The normalized spacial score (nSPS) is 17.4. The number of hydrogen-bond acceptors (Lipinski definition) is 3. The number of rotatable bonds is 6. The van der Waals surface area contributed by atoms with Crippen molar-refractivity contribution in [1.29, 1.82) is 0 Å². The van der Waals surface area contributed by atoms with Gasteiger partial charge in [-0.05, 0) is 31.0 Å². The Morgan fingerprint density at radius 1 is 1.50 bits per heavy atom. The Bertz CT molecular complexity index is 344. The van der Waals surface area contributed by atoms with Crippen LogP contribution in [-0.2, 0) is 0 Å². The van der Waals surface area contributed by atoms with Crippen molar-refractivity contribution in [3.63, 3.8) is 0 Å². The summed E-state index contributed by atoms with van der Waals surface area (Å²) < 4.78 is 1.10. The fraction of sp³-hybridized carbons (Fsp3) is 0.500. The van der Waals surface area contributed by atoms with E-state index in [0.29, 0.717) is 6.04 Å². The van der Waals surface area contributed by atoms with E-state index in [1.54, 1.807) is 11.8 Å². The molecule has 1 aliphatic carbocycles. The number of thioether (sulfide) groups is 1. The molecule has 0 radical (unpaired) electrons. The van der Waals surface area contributed by atoms with Crippen molar-refractivity contribution in [3.8, 4) is 0 Å². The second-order valence-corrected chi connectivity index (χ2v) is 6.10. The first-order valence-electron chi connectivity index (χ1n) is 5.53. The number of aliphatic hydroxyl groups excluding tert-OH is 1. The van der Waals surface area contributed by atoms with E-state index in [1.807, 2.05) is 12.1 Å². The number of aliphatic hydroxyl groups is 1. The first kappa shape index (κ1) is 12.4. The fourth-order valence-electron chi connectivity index (χ4n) is 1.49. The number of nitrogens with one attached hydrogen (secondary N) is 1. The third-order valence-corrected chi connectivity index (χ3v) is 4.17. The van der Waals surface area contributed by atoms with Crippen LogP contribution in [0.1, 0.15) is 12.8 Å². The van der Waals surface area contributed by atoms with Gasteiger partial charge >= 0.3 is 0 Å². The molecule has 2 N–H and O–H groups in total. The van der Waals surface area contributed by atoms with Crippen LogP contribution in [0.2, 0.25) is 0 Å². The molecule has 1 aliphatic rings. The van der Waals surface area contributed by atoms with Crippen LogP contribution >= 0.6 is 27.7 Å². The van der Waals surface area contributed by atoms with Crippen LogP contribution in [0.4, 0.5) is 0 Å². The molecule has 1 fully saturated rings. The second kappa shape index (κ2) is 6.05. The molecule has 1 aromatic carbocycles. The summed E-state index contributed by atoms with van der Waals surface area (Å²) in [5, 5.41) is 12.7. The average Bonchev–Trinajstić information content (AvgIpc) is 3.08. The van der Waals surface area contributed by atoms with Crippen LogP contribution in [0.25, 0.3) is 0 Å². The summed E-state index contributed by atoms with van der Waals surface area (Å²) in [4.78, 5) is 1.24. The summed E-state index contributed by atoms with van der Waals surface area (Å²) in [6, 6.07) is 9.14. The zero-order chi connectivity index (χ0) is 11.4. The molecule has 1 saturated carbocycles. The summed E-state index contributed by atoms with van der Waals surface area (Å²) in [6.07, 6.45) is 2.52. The highest BCUT2D eigenvalue weighted by Crippen LogP contribution is 2.24. The molecule has 0 bridgehead atoms. The van der Waals surface area contributed by atoms with E-state index >= 15 is 0 Å². The third-order valence-electron chi connectivity index (χ3n) is 2.52. The minimum Gasteiger partial charge on any atom is -0.395 e. The van der Waals surface area contributed by atoms with Crippen molar-refractivity contribution in [2.45, 2.75) is 29.8 Å². The maximum Gasteiger partial charge on any atom is 0.0592 e. The van der Waals surface area contributed by atoms with E-state index < -0.39 is 0 Å². The highest BCUT2D eigenvalue weighted by Gasteiger charge is 2.24. The largest absolute Gasteiger partial charge is 0.395 e. The lowest BCUT2D eigenvalue weighted by Gasteiger charge is -2.15. The molecule has 4 heteroatoms. The van der Waals surface area contributed by atoms with Gasteiger partial charge in [-0.25, -0.2) is 0 Å². The van der Waals surface area contributed by atoms with Crippen LogP contribution in [-0.4, -0.2) is 29.5 Å². The molecule has 0 amide bonds. The van der Waals surface area contributed by atoms with Gasteiger partial charge in [-0.2, -0.15) is 0 Å². The Morgan fingerprint density at radius 3 is 2.94 bits per heavy atom. The number of halogens is 1. The van der Waals surface area contributed by atoms with Gasteiger partial charge in [0.1, 0.15) is 0 Å². The van der Waals surface area contributed by atoms with Gasteiger partial charge in [0.15, 0.2) is 0 Å². The Kier molecular flexibility index (Phi) is 4.70. The molecule has 1 atom stereocenters. The highest BCUT2D eigenvalue weighted by atomic mass is 79.9. The van der Waals surface area contributed by atoms with Gasteiger partial charge in [0.2, 0.25) is 0 Å². The summed E-state index contributed by atoms with van der Waals surface area (Å²) in [5.41, 5.74) is 0. The molecule has 2 rings (SSSR count). The molecule has 0 heterocycles. The molecule has 0 aromatic heterocycles. The van der Waals surface area contributed by atoms with E-state index in [4.69, 9.17) is 0 Å². The predicted octanol–water partition coefficient (Wildman–Crippen LogP) is 2.65. The highest BCUT2D eigenvalue weighted by molar-refractivity contribution is 9.10. The van der Waals surface area contributed by atoms with E-state index in [-0.39, 0.29) is 12.6 Å². The molecule has 0 aliphatic heterocycles. The Balaban J connectivity index is 1.80. The second-order valence-electron chi connectivity index (χ2n) is 4.09. The maximum atomic E-state index is 9.25. The van der Waals surface area contributed by atoms with Gasteiger partial charge in [0.05, 0.1) is 6.61 Å². The number of hydrogen-bond donors (Lipinski definition) is 2. The maximum absolute atomic E-state index is 9.25. The van der Waals surface area contributed by atoms with E-state index in [1.165, 1.54) is 17.7 Å². The molecule has 16 heavy (non-hydrogen) atoms. The van der Waals surface area contributed by atoms with Crippen LogP contribution in [0.3, 0.4) is 0 Å². The molecular weight excluding hydrogens is 286 g/mol. The Morgan fingerprint density at radius 2 is 2.31 bits per heavy atom. The van der Waals surface area contributed by atoms with Gasteiger partial charge < -0.3 is 10.4 Å². The molecule has 2 nitrogen and oxygen atoms in total. The van der Waals surface area contributed by atoms with Crippen LogP contribution in [0.15, 0.2) is 33.6 Å². The molecule has 1 aromatic rings. The summed E-state index contributed by atoms with van der Waals surface area (Å²) in [7, 11) is 0. The van der Waals surface area contributed by atoms with Crippen LogP contribution in [0.5, 0.6) is 0 Å². The molecule has 1 unspecified atom stereocenters. The zero-order valence-electron chi connectivity index (χ0n) is 9.03. The van der Waals surface area contributed by atoms with Crippen molar-refractivity contribution in [3.05, 3.63) is 28.7 Å². The lowest BCUT2D eigenvalue weighted by atomic mass is 10.3. The van der Waals surface area contributed by atoms with Gasteiger partial charge in [-0.3, -0.25) is 0 Å². The van der Waals surface area contributed by atoms with Gasteiger partial charge in [0, 0.05) is 27.2 Å². The van der Waals surface area contributed by atoms with Crippen molar-refractivity contribution >= 4 is 27.7 Å². The molecule has 0 saturated heterocycles. The quantitative estimate of drug-likeness (QED) is 0.792. The summed E-state index contributed by atoms with van der Waals surface area (Å²) in [6.45, 7) is 0.220. The van der Waals surface area contributed by atoms with E-state index in [9.17, 15) is 5.11 Å². The average molecular weight is 302 g/mol. The molecule has 88 valence electrons. The lowest BCUT2D eigenvalue weighted by molar-refractivity contribution is 0.253. The van der Waals surface area contributed by atoms with Gasteiger partial charge in [0.25, 0.3) is 0 Å². The predicted molar refractivity (Wildman–Crippen MR) is 71.9 cm³/mol. The lowest BCUT2D eigenvalue weighted by Crippen LogP contribution is -2.36. The minimum atomic E-state index is 0.219.